The molecule has 182 valence electrons. The van der Waals surface area contributed by atoms with Gasteiger partial charge < -0.3 is 14.2 Å². The van der Waals surface area contributed by atoms with Crippen molar-refractivity contribution in [1.82, 2.24) is 24.7 Å². The van der Waals surface area contributed by atoms with Gasteiger partial charge in [0.1, 0.15) is 11.3 Å². The topological polar surface area (TPSA) is 84.2 Å². The Balaban J connectivity index is 1.53. The average molecular weight is 478 g/mol. The van der Waals surface area contributed by atoms with E-state index in [4.69, 9.17) is 24.2 Å². The second-order valence-corrected chi connectivity index (χ2v) is 8.91. The lowest BCUT2D eigenvalue weighted by Gasteiger charge is -2.21. The quantitative estimate of drug-likeness (QED) is 0.373. The largest absolute Gasteiger partial charge is 0.497 e. The normalized spacial score (nSPS) is 16.5. The summed E-state index contributed by atoms with van der Waals surface area (Å²) in [5.41, 5.74) is 4.23. The SMILES string of the molecule is COc1cc(C[C@@H](CC2CCOC2)c2ccc3ncc(-c4cnn(C)c4)nc3n2)c(F)c(OC)c1. The molecule has 9 heteroatoms. The van der Waals surface area contributed by atoms with E-state index < -0.39 is 0 Å². The van der Waals surface area contributed by atoms with Crippen LogP contribution in [0, 0.1) is 11.7 Å². The van der Waals surface area contributed by atoms with Gasteiger partial charge in [0, 0.05) is 49.7 Å². The van der Waals surface area contributed by atoms with Crippen molar-refractivity contribution in [2.45, 2.75) is 25.2 Å². The molecule has 1 unspecified atom stereocenters. The van der Waals surface area contributed by atoms with Crippen LogP contribution in [0.15, 0.2) is 42.9 Å². The molecule has 1 aliphatic heterocycles. The van der Waals surface area contributed by atoms with Gasteiger partial charge in [-0.1, -0.05) is 0 Å². The highest BCUT2D eigenvalue weighted by Gasteiger charge is 2.26. The van der Waals surface area contributed by atoms with Gasteiger partial charge in [-0.15, -0.1) is 0 Å². The van der Waals surface area contributed by atoms with Crippen LogP contribution in [-0.4, -0.2) is 52.2 Å². The predicted octanol–water partition coefficient (Wildman–Crippen LogP) is 4.33. The number of ether oxygens (including phenoxy) is 3. The number of aryl methyl sites for hydroxylation is 1. The third-order valence-electron chi connectivity index (χ3n) is 6.50. The zero-order valence-electron chi connectivity index (χ0n) is 20.1. The maximum Gasteiger partial charge on any atom is 0.179 e. The van der Waals surface area contributed by atoms with Gasteiger partial charge in [-0.05, 0) is 48.9 Å². The van der Waals surface area contributed by atoms with E-state index in [0.717, 1.165) is 30.7 Å². The van der Waals surface area contributed by atoms with E-state index in [1.165, 1.54) is 7.11 Å². The first kappa shape index (κ1) is 23.2. The Hall–Kier alpha value is -3.59. The minimum Gasteiger partial charge on any atom is -0.497 e. The summed E-state index contributed by atoms with van der Waals surface area (Å²) in [4.78, 5) is 14.2. The Bertz CT molecular complexity index is 1340. The number of benzene rings is 1. The highest BCUT2D eigenvalue weighted by atomic mass is 19.1. The first-order valence-electron chi connectivity index (χ1n) is 11.6. The van der Waals surface area contributed by atoms with Crippen LogP contribution in [0.5, 0.6) is 11.5 Å². The number of methoxy groups -OCH3 is 2. The van der Waals surface area contributed by atoms with Crippen molar-refractivity contribution in [1.29, 1.82) is 0 Å². The van der Waals surface area contributed by atoms with E-state index in [2.05, 4.69) is 10.1 Å². The molecular weight excluding hydrogens is 449 g/mol. The van der Waals surface area contributed by atoms with Crippen LogP contribution in [-0.2, 0) is 18.2 Å². The summed E-state index contributed by atoms with van der Waals surface area (Å²) in [6.07, 6.45) is 7.63. The molecule has 2 atom stereocenters. The molecule has 4 aromatic rings. The number of rotatable bonds is 8. The Morgan fingerprint density at radius 1 is 1.17 bits per heavy atom. The maximum absolute atomic E-state index is 15.2. The number of hydrogen-bond acceptors (Lipinski definition) is 7. The summed E-state index contributed by atoms with van der Waals surface area (Å²) in [7, 11) is 4.88. The molecule has 4 heterocycles. The fraction of sp³-hybridized carbons (Fsp3) is 0.385. The Labute approximate surface area is 203 Å². The predicted molar refractivity (Wildman–Crippen MR) is 129 cm³/mol. The number of halogens is 1. The first-order chi connectivity index (χ1) is 17.0. The molecule has 0 bridgehead atoms. The van der Waals surface area contributed by atoms with Gasteiger partial charge in [0.2, 0.25) is 0 Å². The summed E-state index contributed by atoms with van der Waals surface area (Å²) in [6.45, 7) is 1.46. The first-order valence-corrected chi connectivity index (χ1v) is 11.6. The van der Waals surface area contributed by atoms with Crippen LogP contribution in [0.4, 0.5) is 4.39 Å². The monoisotopic (exact) mass is 477 g/mol. The average Bonchev–Trinajstić information content (AvgIpc) is 3.56. The van der Waals surface area contributed by atoms with Crippen LogP contribution in [0.3, 0.4) is 0 Å². The maximum atomic E-state index is 15.2. The lowest BCUT2D eigenvalue weighted by molar-refractivity contribution is 0.182. The van der Waals surface area contributed by atoms with E-state index in [-0.39, 0.29) is 17.5 Å². The van der Waals surface area contributed by atoms with E-state index >= 15 is 4.39 Å². The van der Waals surface area contributed by atoms with E-state index in [1.54, 1.807) is 36.3 Å². The van der Waals surface area contributed by atoms with E-state index in [1.807, 2.05) is 25.4 Å². The summed E-state index contributed by atoms with van der Waals surface area (Å²) in [5.74, 6) is 0.697. The van der Waals surface area contributed by atoms with Crippen LogP contribution in [0.1, 0.15) is 30.0 Å². The second-order valence-electron chi connectivity index (χ2n) is 8.91. The van der Waals surface area contributed by atoms with Crippen LogP contribution >= 0.6 is 0 Å². The third kappa shape index (κ3) is 4.95. The van der Waals surface area contributed by atoms with Crippen molar-refractivity contribution in [2.24, 2.45) is 13.0 Å². The molecule has 1 fully saturated rings. The van der Waals surface area contributed by atoms with Crippen molar-refractivity contribution in [3.63, 3.8) is 0 Å². The van der Waals surface area contributed by atoms with Crippen molar-refractivity contribution in [2.75, 3.05) is 27.4 Å². The fourth-order valence-corrected chi connectivity index (χ4v) is 4.62. The fourth-order valence-electron chi connectivity index (χ4n) is 4.62. The number of nitrogens with zero attached hydrogens (tertiary/aromatic N) is 5. The van der Waals surface area contributed by atoms with Gasteiger partial charge in [-0.3, -0.25) is 9.67 Å². The Morgan fingerprint density at radius 3 is 2.77 bits per heavy atom. The second kappa shape index (κ2) is 9.95. The van der Waals surface area contributed by atoms with Gasteiger partial charge in [-0.2, -0.15) is 5.10 Å². The van der Waals surface area contributed by atoms with Gasteiger partial charge >= 0.3 is 0 Å². The highest BCUT2D eigenvalue weighted by Crippen LogP contribution is 2.35. The van der Waals surface area contributed by atoms with E-state index in [9.17, 15) is 0 Å². The molecule has 0 spiro atoms. The molecule has 0 radical (unpaired) electrons. The summed E-state index contributed by atoms with van der Waals surface area (Å²) in [5, 5.41) is 4.22. The minimum absolute atomic E-state index is 0.0405. The molecule has 1 saturated heterocycles. The molecule has 0 saturated carbocycles. The molecule has 0 N–H and O–H groups in total. The minimum atomic E-state index is -0.375. The van der Waals surface area contributed by atoms with Crippen LogP contribution < -0.4 is 9.47 Å². The lowest BCUT2D eigenvalue weighted by atomic mass is 9.86. The van der Waals surface area contributed by atoms with Gasteiger partial charge in [-0.25, -0.2) is 14.4 Å². The van der Waals surface area contributed by atoms with Crippen LogP contribution in [0.25, 0.3) is 22.4 Å². The molecule has 0 aliphatic carbocycles. The highest BCUT2D eigenvalue weighted by molar-refractivity contribution is 5.73. The Morgan fingerprint density at radius 2 is 2.06 bits per heavy atom. The number of pyridine rings is 1. The lowest BCUT2D eigenvalue weighted by Crippen LogP contribution is -2.13. The molecule has 8 nitrogen and oxygen atoms in total. The molecule has 3 aromatic heterocycles. The molecule has 0 amide bonds. The summed E-state index contributed by atoms with van der Waals surface area (Å²) < 4.78 is 33.2. The zero-order chi connectivity index (χ0) is 24.4. The smallest absolute Gasteiger partial charge is 0.179 e. The molecular formula is C26H28FN5O3. The molecule has 5 rings (SSSR count). The van der Waals surface area contributed by atoms with Crippen molar-refractivity contribution in [3.05, 3.63) is 59.9 Å². The van der Waals surface area contributed by atoms with Crippen molar-refractivity contribution in [3.8, 4) is 22.8 Å². The molecule has 35 heavy (non-hydrogen) atoms. The zero-order valence-corrected chi connectivity index (χ0v) is 20.1. The van der Waals surface area contributed by atoms with Gasteiger partial charge in [0.05, 0.1) is 32.3 Å². The number of fused-ring (bicyclic) bond motifs is 1. The number of aromatic nitrogens is 5. The molecule has 1 aliphatic rings. The third-order valence-corrected chi connectivity index (χ3v) is 6.50. The van der Waals surface area contributed by atoms with E-state index in [0.29, 0.717) is 47.1 Å². The van der Waals surface area contributed by atoms with Gasteiger partial charge in [0.15, 0.2) is 17.2 Å². The van der Waals surface area contributed by atoms with Crippen LogP contribution in [0.2, 0.25) is 0 Å². The summed E-state index contributed by atoms with van der Waals surface area (Å²) >= 11 is 0. The van der Waals surface area contributed by atoms with Crippen molar-refractivity contribution >= 4 is 11.2 Å². The Kier molecular flexibility index (Phi) is 6.59. The summed E-state index contributed by atoms with van der Waals surface area (Å²) in [6, 6.07) is 7.19. The van der Waals surface area contributed by atoms with Gasteiger partial charge in [0.25, 0.3) is 0 Å². The number of hydrogen-bond donors (Lipinski definition) is 0. The standard InChI is InChI=1S/C26H28FN5O3/c1-32-14-19(12-29-32)23-13-28-22-5-4-21(30-26(22)31-23)17(8-16-6-7-35-15-16)9-18-10-20(33-2)11-24(34-3)25(18)27/h4-5,10-14,16-17H,6-9,15H2,1-3H3/t16?,17-/m1/s1. The molecule has 1 aromatic carbocycles. The van der Waals surface area contributed by atoms with Crippen molar-refractivity contribution < 1.29 is 18.6 Å².